The Labute approximate surface area is 111 Å². The Morgan fingerprint density at radius 2 is 2.11 bits per heavy atom. The number of carbonyl (C=O) groups is 1. The van der Waals surface area contributed by atoms with Gasteiger partial charge in [-0.2, -0.15) is 0 Å². The molecule has 1 spiro atoms. The van der Waals surface area contributed by atoms with Gasteiger partial charge < -0.3 is 5.32 Å². The third kappa shape index (κ3) is 2.05. The highest BCUT2D eigenvalue weighted by molar-refractivity contribution is 7.15. The number of hydrogen-bond acceptors (Lipinski definition) is 4. The Bertz CT molecular complexity index is 457. The van der Waals surface area contributed by atoms with Crippen molar-refractivity contribution in [2.75, 3.05) is 5.32 Å². The average molecular weight is 265 g/mol. The van der Waals surface area contributed by atoms with Gasteiger partial charge in [0.15, 0.2) is 0 Å². The van der Waals surface area contributed by atoms with Crippen LogP contribution in [0, 0.1) is 11.3 Å². The van der Waals surface area contributed by atoms with Crippen LogP contribution in [0.2, 0.25) is 0 Å². The van der Waals surface area contributed by atoms with Crippen LogP contribution in [0.5, 0.6) is 0 Å². The van der Waals surface area contributed by atoms with E-state index in [2.05, 4.69) is 15.5 Å². The van der Waals surface area contributed by atoms with Gasteiger partial charge in [-0.1, -0.05) is 31.6 Å². The second kappa shape index (κ2) is 4.30. The van der Waals surface area contributed by atoms with Gasteiger partial charge in [-0.05, 0) is 31.1 Å². The van der Waals surface area contributed by atoms with Gasteiger partial charge >= 0.3 is 0 Å². The van der Waals surface area contributed by atoms with E-state index in [4.69, 9.17) is 0 Å². The quantitative estimate of drug-likeness (QED) is 0.913. The molecule has 98 valence electrons. The van der Waals surface area contributed by atoms with Crippen molar-refractivity contribution in [2.24, 2.45) is 11.3 Å². The summed E-state index contributed by atoms with van der Waals surface area (Å²) in [7, 11) is 0. The third-order valence-corrected chi connectivity index (χ3v) is 5.32. The van der Waals surface area contributed by atoms with Crippen LogP contribution in [0.3, 0.4) is 0 Å². The number of rotatable bonds is 3. The zero-order valence-corrected chi connectivity index (χ0v) is 11.7. The van der Waals surface area contributed by atoms with Crippen LogP contribution in [-0.4, -0.2) is 16.1 Å². The van der Waals surface area contributed by atoms with Crippen LogP contribution in [0.15, 0.2) is 0 Å². The molecule has 2 aliphatic carbocycles. The van der Waals surface area contributed by atoms with Crippen molar-refractivity contribution in [3.8, 4) is 0 Å². The molecule has 2 fully saturated rings. The molecule has 0 saturated heterocycles. The molecule has 0 radical (unpaired) electrons. The molecule has 4 nitrogen and oxygen atoms in total. The van der Waals surface area contributed by atoms with E-state index in [-0.39, 0.29) is 11.8 Å². The van der Waals surface area contributed by atoms with Gasteiger partial charge in [-0.15, -0.1) is 10.2 Å². The Balaban J connectivity index is 1.59. The van der Waals surface area contributed by atoms with Crippen LogP contribution in [0.4, 0.5) is 5.13 Å². The lowest BCUT2D eigenvalue weighted by Crippen LogP contribution is -2.41. The van der Waals surface area contributed by atoms with E-state index in [1.54, 1.807) is 11.3 Å². The predicted molar refractivity (Wildman–Crippen MR) is 71.6 cm³/mol. The summed E-state index contributed by atoms with van der Waals surface area (Å²) in [5, 5.41) is 12.9. The van der Waals surface area contributed by atoms with E-state index in [0.717, 1.165) is 5.01 Å². The molecular weight excluding hydrogens is 246 g/mol. The molecule has 2 saturated carbocycles. The van der Waals surface area contributed by atoms with Gasteiger partial charge in [-0.25, -0.2) is 0 Å². The summed E-state index contributed by atoms with van der Waals surface area (Å²) in [6, 6.07) is 0. The van der Waals surface area contributed by atoms with Crippen molar-refractivity contribution in [3.63, 3.8) is 0 Å². The summed E-state index contributed by atoms with van der Waals surface area (Å²) >= 11 is 1.54. The average Bonchev–Trinajstić information content (AvgIpc) is 2.61. The van der Waals surface area contributed by atoms with Gasteiger partial charge in [0.1, 0.15) is 5.01 Å². The largest absolute Gasteiger partial charge is 0.300 e. The molecule has 18 heavy (non-hydrogen) atoms. The van der Waals surface area contributed by atoms with Crippen LogP contribution in [-0.2, 0) is 4.79 Å². The summed E-state index contributed by atoms with van der Waals surface area (Å²) in [5.41, 5.74) is 0.664. The zero-order chi connectivity index (χ0) is 12.8. The van der Waals surface area contributed by atoms with Crippen molar-refractivity contribution in [3.05, 3.63) is 5.01 Å². The number of carbonyl (C=O) groups excluding carboxylic acids is 1. The fourth-order valence-corrected chi connectivity index (χ4v) is 3.79. The Kier molecular flexibility index (Phi) is 2.88. The normalized spacial score (nSPS) is 21.7. The lowest BCUT2D eigenvalue weighted by Gasteiger charge is -2.53. The van der Waals surface area contributed by atoms with Crippen LogP contribution >= 0.6 is 11.3 Å². The second-order valence-corrected chi connectivity index (χ2v) is 7.06. The maximum absolute atomic E-state index is 11.6. The van der Waals surface area contributed by atoms with Crippen molar-refractivity contribution < 1.29 is 4.79 Å². The molecule has 1 aromatic rings. The molecule has 5 heteroatoms. The van der Waals surface area contributed by atoms with Gasteiger partial charge in [0.05, 0.1) is 0 Å². The molecule has 0 atom stereocenters. The Morgan fingerprint density at radius 1 is 1.39 bits per heavy atom. The SMILES string of the molecule is CC(C)C(=O)Nc1nnc(C2CC3(CCC3)C2)s1. The maximum atomic E-state index is 11.6. The number of hydrogen-bond donors (Lipinski definition) is 1. The Hall–Kier alpha value is -0.970. The van der Waals surface area contributed by atoms with Crippen molar-refractivity contribution in [2.45, 2.75) is 51.9 Å². The molecule has 0 bridgehead atoms. The minimum absolute atomic E-state index is 0.0145. The number of amides is 1. The molecule has 1 aromatic heterocycles. The second-order valence-electron chi connectivity index (χ2n) is 6.05. The first-order valence-electron chi connectivity index (χ1n) is 6.72. The fourth-order valence-electron chi connectivity index (χ4n) is 2.95. The first-order chi connectivity index (χ1) is 8.58. The van der Waals surface area contributed by atoms with Crippen molar-refractivity contribution in [1.82, 2.24) is 10.2 Å². The molecule has 3 rings (SSSR count). The van der Waals surface area contributed by atoms with Gasteiger partial charge in [0.2, 0.25) is 11.0 Å². The molecule has 0 aromatic carbocycles. The summed E-state index contributed by atoms with van der Waals surface area (Å²) in [6.45, 7) is 3.76. The predicted octanol–water partition coefficient (Wildman–Crippen LogP) is 3.18. The zero-order valence-electron chi connectivity index (χ0n) is 10.9. The summed E-state index contributed by atoms with van der Waals surface area (Å²) in [4.78, 5) is 11.6. The van der Waals surface area contributed by atoms with Gasteiger partial charge in [0, 0.05) is 11.8 Å². The molecule has 1 amide bonds. The first-order valence-corrected chi connectivity index (χ1v) is 7.54. The van der Waals surface area contributed by atoms with E-state index >= 15 is 0 Å². The van der Waals surface area contributed by atoms with Crippen LogP contribution < -0.4 is 5.32 Å². The highest BCUT2D eigenvalue weighted by Gasteiger charge is 2.49. The van der Waals surface area contributed by atoms with Gasteiger partial charge in [0.25, 0.3) is 0 Å². The Morgan fingerprint density at radius 3 is 2.67 bits per heavy atom. The minimum atomic E-state index is -0.0145. The van der Waals surface area contributed by atoms with E-state index in [0.29, 0.717) is 16.5 Å². The minimum Gasteiger partial charge on any atom is -0.300 e. The maximum Gasteiger partial charge on any atom is 0.228 e. The highest BCUT2D eigenvalue weighted by Crippen LogP contribution is 2.62. The molecule has 1 N–H and O–H groups in total. The van der Waals surface area contributed by atoms with Gasteiger partial charge in [-0.3, -0.25) is 4.79 Å². The molecule has 0 unspecified atom stereocenters. The molecule has 2 aliphatic rings. The number of aromatic nitrogens is 2. The summed E-state index contributed by atoms with van der Waals surface area (Å²) < 4.78 is 0. The van der Waals surface area contributed by atoms with Crippen LogP contribution in [0.25, 0.3) is 0 Å². The standard InChI is InChI=1S/C13H19N3OS/c1-8(2)10(17)14-12-16-15-11(18-12)9-6-13(7-9)4-3-5-13/h8-9H,3-7H2,1-2H3,(H,14,16,17). The molecular formula is C13H19N3OS. The lowest BCUT2D eigenvalue weighted by atomic mass is 9.52. The number of nitrogens with one attached hydrogen (secondary N) is 1. The fraction of sp³-hybridized carbons (Fsp3) is 0.769. The smallest absolute Gasteiger partial charge is 0.228 e. The topological polar surface area (TPSA) is 54.9 Å². The number of nitrogens with zero attached hydrogens (tertiary/aromatic N) is 2. The van der Waals surface area contributed by atoms with E-state index in [1.807, 2.05) is 13.8 Å². The van der Waals surface area contributed by atoms with Crippen LogP contribution in [0.1, 0.15) is 56.9 Å². The highest BCUT2D eigenvalue weighted by atomic mass is 32.1. The lowest BCUT2D eigenvalue weighted by molar-refractivity contribution is -0.118. The molecule has 0 aliphatic heterocycles. The van der Waals surface area contributed by atoms with E-state index in [9.17, 15) is 4.79 Å². The van der Waals surface area contributed by atoms with Crippen molar-refractivity contribution in [1.29, 1.82) is 0 Å². The monoisotopic (exact) mass is 265 g/mol. The third-order valence-electron chi connectivity index (χ3n) is 4.32. The summed E-state index contributed by atoms with van der Waals surface area (Å²) in [5.74, 6) is 0.591. The molecule has 1 heterocycles. The van der Waals surface area contributed by atoms with E-state index < -0.39 is 0 Å². The number of anilines is 1. The first kappa shape index (κ1) is 12.1. The van der Waals surface area contributed by atoms with Crippen molar-refractivity contribution >= 4 is 22.4 Å². The van der Waals surface area contributed by atoms with E-state index in [1.165, 1.54) is 32.1 Å². The summed E-state index contributed by atoms with van der Waals surface area (Å²) in [6.07, 6.45) is 6.76.